The number of Topliss-reactive ketones (excluding diaryl/α,β-unsaturated/α-hetero) is 1. The second-order valence-corrected chi connectivity index (χ2v) is 12.6. The lowest BCUT2D eigenvalue weighted by Gasteiger charge is -2.63. The Morgan fingerprint density at radius 2 is 1.71 bits per heavy atom. The summed E-state index contributed by atoms with van der Waals surface area (Å²) in [5.74, 6) is 1.16. The molecule has 0 heterocycles. The van der Waals surface area contributed by atoms with Crippen molar-refractivity contribution in [3.8, 4) is 0 Å². The van der Waals surface area contributed by atoms with E-state index in [0.29, 0.717) is 28.2 Å². The summed E-state index contributed by atoms with van der Waals surface area (Å²) < 4.78 is 5.09. The van der Waals surface area contributed by atoms with Crippen molar-refractivity contribution in [2.24, 2.45) is 38.9 Å². The Morgan fingerprint density at radius 3 is 2.39 bits per heavy atom. The highest BCUT2D eigenvalue weighted by Crippen LogP contribution is 2.88. The summed E-state index contributed by atoms with van der Waals surface area (Å²) in [6.45, 7) is 11.1. The number of carbonyl (C=O) groups is 2. The molecule has 4 saturated carbocycles. The third-order valence-electron chi connectivity index (χ3n) is 11.7. The number of fused-ring (bicyclic) bond motifs is 2. The first kappa shape index (κ1) is 21.7. The Balaban J connectivity index is 1.44. The Labute approximate surface area is 187 Å². The van der Waals surface area contributed by atoms with Crippen LogP contribution in [0, 0.1) is 38.9 Å². The van der Waals surface area contributed by atoms with Crippen LogP contribution in [-0.4, -0.2) is 31.4 Å². The molecule has 4 nitrogen and oxygen atoms in total. The molecule has 0 amide bonds. The van der Waals surface area contributed by atoms with Gasteiger partial charge in [-0.15, -0.1) is 0 Å². The van der Waals surface area contributed by atoms with Gasteiger partial charge in [0.2, 0.25) is 0 Å². The number of esters is 1. The second-order valence-electron chi connectivity index (χ2n) is 12.6. The molecule has 5 aliphatic carbocycles. The number of rotatable bonds is 4. The van der Waals surface area contributed by atoms with E-state index in [4.69, 9.17) is 4.74 Å². The van der Waals surface area contributed by atoms with Crippen LogP contribution in [0.15, 0.2) is 11.6 Å². The zero-order chi connectivity index (χ0) is 22.4. The van der Waals surface area contributed by atoms with E-state index in [9.17, 15) is 9.59 Å². The van der Waals surface area contributed by atoms with Gasteiger partial charge in [0.05, 0.1) is 0 Å². The maximum atomic E-state index is 13.0. The van der Waals surface area contributed by atoms with Crippen molar-refractivity contribution < 1.29 is 14.3 Å². The molecule has 0 radical (unpaired) electrons. The number of nitrogens with one attached hydrogen (secondary N) is 1. The minimum absolute atomic E-state index is 0.0206. The number of carbonyl (C=O) groups excluding carboxylic acids is 2. The third-order valence-corrected chi connectivity index (χ3v) is 11.7. The fraction of sp³-hybridized carbons (Fsp3) is 0.852. The summed E-state index contributed by atoms with van der Waals surface area (Å²) in [6.07, 6.45) is 12.3. The molecule has 0 aliphatic heterocycles. The normalized spacial score (nSPS) is 49.1. The first-order valence-corrected chi connectivity index (χ1v) is 12.5. The number of ether oxygens (including phenoxy) is 1. The molecular weight excluding hydrogens is 386 g/mol. The van der Waals surface area contributed by atoms with Crippen LogP contribution in [0.5, 0.6) is 0 Å². The third kappa shape index (κ3) is 2.46. The lowest BCUT2D eigenvalue weighted by Crippen LogP contribution is -2.59. The predicted octanol–water partition coefficient (Wildman–Crippen LogP) is 5.07. The van der Waals surface area contributed by atoms with Gasteiger partial charge in [-0.05, 0) is 91.9 Å². The van der Waals surface area contributed by atoms with Crippen molar-refractivity contribution in [1.82, 2.24) is 5.32 Å². The lowest BCUT2D eigenvalue weighted by molar-refractivity contribution is -0.147. The molecule has 4 fully saturated rings. The van der Waals surface area contributed by atoms with E-state index in [0.717, 1.165) is 24.3 Å². The monoisotopic (exact) mass is 427 g/mol. The highest BCUT2D eigenvalue weighted by atomic mass is 16.5. The molecule has 0 bridgehead atoms. The largest absolute Gasteiger partial charge is 0.457 e. The summed E-state index contributed by atoms with van der Waals surface area (Å²) >= 11 is 0. The molecule has 172 valence electrons. The zero-order valence-corrected chi connectivity index (χ0v) is 20.4. The van der Waals surface area contributed by atoms with E-state index in [-0.39, 0.29) is 29.2 Å². The minimum Gasteiger partial charge on any atom is -0.457 e. The van der Waals surface area contributed by atoms with Crippen LogP contribution < -0.4 is 5.32 Å². The fourth-order valence-electron chi connectivity index (χ4n) is 10.1. The van der Waals surface area contributed by atoms with Gasteiger partial charge in [0.15, 0.2) is 12.4 Å². The van der Waals surface area contributed by atoms with E-state index < -0.39 is 0 Å². The SMILES string of the molecule is CN[C@H]1CC[C@]23C[C@]24CC[C@]2(C)C(C(=O)COC(C)=O)=CC[C@@]2(C)C4CC[C@H]3C1(C)C. The van der Waals surface area contributed by atoms with Gasteiger partial charge in [-0.25, -0.2) is 0 Å². The smallest absolute Gasteiger partial charge is 0.303 e. The molecule has 0 aromatic heterocycles. The molecular formula is C27H41NO3. The molecule has 31 heavy (non-hydrogen) atoms. The molecule has 1 N–H and O–H groups in total. The summed E-state index contributed by atoms with van der Waals surface area (Å²) in [6, 6.07) is 0.625. The van der Waals surface area contributed by atoms with Gasteiger partial charge in [0.25, 0.3) is 0 Å². The van der Waals surface area contributed by atoms with Crippen molar-refractivity contribution in [1.29, 1.82) is 0 Å². The molecule has 2 spiro atoms. The van der Waals surface area contributed by atoms with Crippen molar-refractivity contribution in [2.45, 2.75) is 92.0 Å². The number of allylic oxidation sites excluding steroid dienone is 1. The second kappa shape index (κ2) is 6.46. The van der Waals surface area contributed by atoms with E-state index in [2.05, 4.69) is 46.1 Å². The van der Waals surface area contributed by atoms with Crippen LogP contribution in [-0.2, 0) is 14.3 Å². The van der Waals surface area contributed by atoms with E-state index in [1.165, 1.54) is 45.4 Å². The number of ketones is 1. The van der Waals surface area contributed by atoms with Gasteiger partial charge in [-0.2, -0.15) is 0 Å². The van der Waals surface area contributed by atoms with Crippen LogP contribution in [0.1, 0.15) is 86.0 Å². The Morgan fingerprint density at radius 1 is 1.03 bits per heavy atom. The first-order chi connectivity index (χ1) is 14.5. The first-order valence-electron chi connectivity index (χ1n) is 12.5. The molecule has 5 aliphatic rings. The summed E-state index contributed by atoms with van der Waals surface area (Å²) in [5.41, 5.74) is 2.37. The summed E-state index contributed by atoms with van der Waals surface area (Å²) in [4.78, 5) is 24.3. The average molecular weight is 428 g/mol. The van der Waals surface area contributed by atoms with Crippen LogP contribution in [0.4, 0.5) is 0 Å². The average Bonchev–Trinajstić information content (AvgIpc) is 3.28. The topological polar surface area (TPSA) is 55.4 Å². The quantitative estimate of drug-likeness (QED) is 0.637. The fourth-order valence-corrected chi connectivity index (χ4v) is 10.1. The predicted molar refractivity (Wildman–Crippen MR) is 121 cm³/mol. The molecule has 1 unspecified atom stereocenters. The van der Waals surface area contributed by atoms with Crippen LogP contribution >= 0.6 is 0 Å². The highest BCUT2D eigenvalue weighted by Gasteiger charge is 2.81. The van der Waals surface area contributed by atoms with Crippen LogP contribution in [0.25, 0.3) is 0 Å². The highest BCUT2D eigenvalue weighted by molar-refractivity contribution is 5.99. The van der Waals surface area contributed by atoms with E-state index >= 15 is 0 Å². The Kier molecular flexibility index (Phi) is 4.51. The van der Waals surface area contributed by atoms with Gasteiger partial charge in [0, 0.05) is 24.0 Å². The van der Waals surface area contributed by atoms with E-state index in [1.807, 2.05) is 0 Å². The van der Waals surface area contributed by atoms with Crippen LogP contribution in [0.3, 0.4) is 0 Å². The Hall–Kier alpha value is -1.16. The molecule has 5 rings (SSSR count). The zero-order valence-electron chi connectivity index (χ0n) is 20.4. The maximum Gasteiger partial charge on any atom is 0.303 e. The molecule has 0 saturated heterocycles. The number of hydrogen-bond acceptors (Lipinski definition) is 4. The molecule has 7 atom stereocenters. The van der Waals surface area contributed by atoms with Crippen molar-refractivity contribution in [3.63, 3.8) is 0 Å². The summed E-state index contributed by atoms with van der Waals surface area (Å²) in [7, 11) is 2.14. The van der Waals surface area contributed by atoms with Gasteiger partial charge in [-0.1, -0.05) is 33.8 Å². The van der Waals surface area contributed by atoms with Crippen molar-refractivity contribution in [2.75, 3.05) is 13.7 Å². The molecule has 4 heteroatoms. The standard InChI is InChI=1S/C27H41NO3/c1-17(29)31-15-19(30)18-9-11-25(5)21-8-7-20-23(2,3)22(28-6)10-12-26(20)16-27(21,26)14-13-24(18,25)4/h9,20-22,28H,7-8,10-16H2,1-6H3/t20-,21?,22-,24+,25-,26+,27-/m0/s1. The van der Waals surface area contributed by atoms with Crippen LogP contribution in [0.2, 0.25) is 0 Å². The molecule has 0 aromatic rings. The van der Waals surface area contributed by atoms with Crippen molar-refractivity contribution in [3.05, 3.63) is 11.6 Å². The maximum absolute atomic E-state index is 13.0. The van der Waals surface area contributed by atoms with Crippen molar-refractivity contribution >= 4 is 11.8 Å². The van der Waals surface area contributed by atoms with Gasteiger partial charge in [0.1, 0.15) is 0 Å². The van der Waals surface area contributed by atoms with Gasteiger partial charge < -0.3 is 10.1 Å². The molecule has 0 aromatic carbocycles. The minimum atomic E-state index is -0.375. The van der Waals surface area contributed by atoms with Gasteiger partial charge >= 0.3 is 5.97 Å². The van der Waals surface area contributed by atoms with E-state index in [1.54, 1.807) is 0 Å². The lowest BCUT2D eigenvalue weighted by atomic mass is 9.42. The van der Waals surface area contributed by atoms with Gasteiger partial charge in [-0.3, -0.25) is 9.59 Å². The Bertz CT molecular complexity index is 861. The summed E-state index contributed by atoms with van der Waals surface area (Å²) in [5, 5.41) is 3.64. The number of hydrogen-bond donors (Lipinski definition) is 1.